The first-order chi connectivity index (χ1) is 16.3. The molecule has 6 nitrogen and oxygen atoms in total. The Morgan fingerprint density at radius 3 is 1.83 bits per heavy atom. The summed E-state index contributed by atoms with van der Waals surface area (Å²) in [5.41, 5.74) is -1.77. The maximum Gasteiger partial charge on any atom is 0.416 e. The van der Waals surface area contributed by atoms with Crippen molar-refractivity contribution in [3.63, 3.8) is 0 Å². The van der Waals surface area contributed by atoms with E-state index in [0.29, 0.717) is 0 Å². The lowest BCUT2D eigenvalue weighted by molar-refractivity contribution is -0.138. The van der Waals surface area contributed by atoms with Gasteiger partial charge in [-0.1, -0.05) is 18.2 Å². The van der Waals surface area contributed by atoms with Crippen LogP contribution in [0.2, 0.25) is 0 Å². The SMILES string of the molecule is CC1=NN(c2cccc(C(F)(F)F)c2)C(=O)/C1=C\[C@H]1C(=O)N(c2cccc(C(F)(F)F)c2)N=C1C. The fourth-order valence-electron chi connectivity index (χ4n) is 3.64. The van der Waals surface area contributed by atoms with Crippen LogP contribution in [0.3, 0.4) is 0 Å². The summed E-state index contributed by atoms with van der Waals surface area (Å²) in [6.07, 6.45) is -7.97. The highest BCUT2D eigenvalue weighted by molar-refractivity contribution is 6.30. The van der Waals surface area contributed by atoms with E-state index in [2.05, 4.69) is 10.2 Å². The second kappa shape index (κ2) is 8.36. The molecule has 4 rings (SSSR count). The Bertz CT molecular complexity index is 1310. The first kappa shape index (κ1) is 24.2. The van der Waals surface area contributed by atoms with Gasteiger partial charge in [-0.2, -0.15) is 46.6 Å². The molecule has 0 spiro atoms. The molecule has 0 fully saturated rings. The Kier molecular flexibility index (Phi) is 5.78. The largest absolute Gasteiger partial charge is 0.416 e. The molecule has 0 aliphatic carbocycles. The Morgan fingerprint density at radius 1 is 0.800 bits per heavy atom. The maximum atomic E-state index is 13.1. The first-order valence-electron chi connectivity index (χ1n) is 10.1. The van der Waals surface area contributed by atoms with Crippen LogP contribution in [0.1, 0.15) is 25.0 Å². The average molecular weight is 494 g/mol. The average Bonchev–Trinajstić information content (AvgIpc) is 3.23. The number of benzene rings is 2. The van der Waals surface area contributed by atoms with Gasteiger partial charge < -0.3 is 0 Å². The van der Waals surface area contributed by atoms with Crippen molar-refractivity contribution in [1.82, 2.24) is 0 Å². The zero-order valence-electron chi connectivity index (χ0n) is 18.1. The molecule has 0 N–H and O–H groups in total. The standard InChI is InChI=1S/C23H16F6N4O2/c1-12-18(20(34)32(30-12)16-7-3-5-14(9-16)22(24,25)26)11-19-13(2)31-33(21(19)35)17-8-4-6-15(10-17)23(27,28)29/h3-11,18H,1-2H3/b19-11-/t18-/m1/s1. The number of alkyl halides is 6. The zero-order valence-corrected chi connectivity index (χ0v) is 18.1. The van der Waals surface area contributed by atoms with Crippen LogP contribution in [-0.2, 0) is 21.9 Å². The fraction of sp³-hybridized carbons (Fsp3) is 0.217. The fourth-order valence-corrected chi connectivity index (χ4v) is 3.64. The molecule has 2 aliphatic heterocycles. The minimum Gasteiger partial charge on any atom is -0.271 e. The van der Waals surface area contributed by atoms with Gasteiger partial charge in [0, 0.05) is 0 Å². The summed E-state index contributed by atoms with van der Waals surface area (Å²) in [4.78, 5) is 25.9. The highest BCUT2D eigenvalue weighted by atomic mass is 19.4. The number of rotatable bonds is 3. The second-order valence-corrected chi connectivity index (χ2v) is 7.85. The minimum atomic E-state index is -4.62. The van der Waals surface area contributed by atoms with Crippen LogP contribution >= 0.6 is 0 Å². The van der Waals surface area contributed by atoms with Gasteiger partial charge in [0.1, 0.15) is 0 Å². The van der Waals surface area contributed by atoms with Gasteiger partial charge in [-0.25, -0.2) is 0 Å². The topological polar surface area (TPSA) is 65.3 Å². The number of amides is 2. The molecule has 2 aromatic rings. The minimum absolute atomic E-state index is 0.0267. The molecular formula is C23H16F6N4O2. The van der Waals surface area contributed by atoms with Crippen LogP contribution in [-0.4, -0.2) is 23.2 Å². The molecule has 35 heavy (non-hydrogen) atoms. The summed E-state index contributed by atoms with van der Waals surface area (Å²) in [6, 6.07) is 8.15. The summed E-state index contributed by atoms with van der Waals surface area (Å²) in [7, 11) is 0. The van der Waals surface area contributed by atoms with Crippen molar-refractivity contribution in [2.45, 2.75) is 26.2 Å². The third-order valence-electron chi connectivity index (χ3n) is 5.41. The molecule has 0 radical (unpaired) electrons. The summed E-state index contributed by atoms with van der Waals surface area (Å²) in [6.45, 7) is 2.93. The smallest absolute Gasteiger partial charge is 0.271 e. The van der Waals surface area contributed by atoms with Crippen LogP contribution in [0.15, 0.2) is 70.4 Å². The number of hydrazone groups is 2. The summed E-state index contributed by atoms with van der Waals surface area (Å²) in [5, 5.41) is 9.70. The van der Waals surface area contributed by atoms with E-state index in [9.17, 15) is 35.9 Å². The number of anilines is 2. The van der Waals surface area contributed by atoms with E-state index in [1.54, 1.807) is 0 Å². The van der Waals surface area contributed by atoms with Crippen LogP contribution in [0.4, 0.5) is 37.7 Å². The van der Waals surface area contributed by atoms with Crippen molar-refractivity contribution in [3.8, 4) is 0 Å². The van der Waals surface area contributed by atoms with Gasteiger partial charge in [0.2, 0.25) is 0 Å². The quantitative estimate of drug-likeness (QED) is 0.423. The number of nitrogens with zero attached hydrogens (tertiary/aromatic N) is 4. The Balaban J connectivity index is 1.61. The molecule has 12 heteroatoms. The molecule has 0 saturated carbocycles. The molecular weight excluding hydrogens is 478 g/mol. The molecule has 0 aromatic heterocycles. The molecule has 2 aromatic carbocycles. The van der Waals surface area contributed by atoms with Crippen molar-refractivity contribution < 1.29 is 35.9 Å². The van der Waals surface area contributed by atoms with E-state index >= 15 is 0 Å². The predicted octanol–water partition coefficient (Wildman–Crippen LogP) is 5.41. The highest BCUT2D eigenvalue weighted by Gasteiger charge is 2.38. The van der Waals surface area contributed by atoms with Gasteiger partial charge in [-0.15, -0.1) is 0 Å². The summed E-state index contributed by atoms with van der Waals surface area (Å²) >= 11 is 0. The van der Waals surface area contributed by atoms with E-state index in [-0.39, 0.29) is 28.4 Å². The van der Waals surface area contributed by atoms with Gasteiger partial charge >= 0.3 is 12.4 Å². The Morgan fingerprint density at radius 2 is 1.31 bits per heavy atom. The van der Waals surface area contributed by atoms with Gasteiger partial charge in [0.15, 0.2) is 0 Å². The number of carbonyl (C=O) groups excluding carboxylic acids is 2. The molecule has 0 unspecified atom stereocenters. The molecule has 2 heterocycles. The monoisotopic (exact) mass is 494 g/mol. The van der Waals surface area contributed by atoms with Gasteiger partial charge in [0.25, 0.3) is 11.8 Å². The molecule has 2 aliphatic rings. The van der Waals surface area contributed by atoms with Gasteiger partial charge in [-0.3, -0.25) is 9.59 Å². The van der Waals surface area contributed by atoms with E-state index < -0.39 is 41.2 Å². The first-order valence-corrected chi connectivity index (χ1v) is 10.1. The van der Waals surface area contributed by atoms with Crippen molar-refractivity contribution in [2.24, 2.45) is 16.1 Å². The van der Waals surface area contributed by atoms with Crippen molar-refractivity contribution >= 4 is 34.6 Å². The predicted molar refractivity (Wildman–Crippen MR) is 116 cm³/mol. The Labute approximate surface area is 194 Å². The molecule has 2 amide bonds. The van der Waals surface area contributed by atoms with Crippen molar-refractivity contribution in [3.05, 3.63) is 71.3 Å². The number of hydrogen-bond donors (Lipinski definition) is 0. The van der Waals surface area contributed by atoms with Crippen LogP contribution in [0.25, 0.3) is 0 Å². The number of hydrogen-bond acceptors (Lipinski definition) is 4. The zero-order chi connectivity index (χ0) is 25.7. The van der Waals surface area contributed by atoms with Crippen LogP contribution < -0.4 is 10.0 Å². The highest BCUT2D eigenvalue weighted by Crippen LogP contribution is 2.35. The summed E-state index contributed by atoms with van der Waals surface area (Å²) in [5.74, 6) is -2.51. The normalized spacial score (nSPS) is 20.1. The molecule has 1 atom stereocenters. The van der Waals surface area contributed by atoms with E-state index in [1.807, 2.05) is 0 Å². The molecule has 182 valence electrons. The lowest BCUT2D eigenvalue weighted by atomic mass is 9.98. The third kappa shape index (κ3) is 4.55. The third-order valence-corrected chi connectivity index (χ3v) is 5.41. The maximum absolute atomic E-state index is 13.1. The van der Waals surface area contributed by atoms with Crippen LogP contribution in [0.5, 0.6) is 0 Å². The number of halogens is 6. The molecule has 0 saturated heterocycles. The van der Waals surface area contributed by atoms with Crippen LogP contribution in [0, 0.1) is 5.92 Å². The van der Waals surface area contributed by atoms with E-state index in [1.165, 1.54) is 32.1 Å². The second-order valence-electron chi connectivity index (χ2n) is 7.85. The number of carbonyl (C=O) groups is 2. The van der Waals surface area contributed by atoms with Gasteiger partial charge in [0.05, 0.1) is 45.4 Å². The Hall–Kier alpha value is -3.96. The molecule has 0 bridgehead atoms. The van der Waals surface area contributed by atoms with Gasteiger partial charge in [-0.05, 0) is 50.2 Å². The van der Waals surface area contributed by atoms with Crippen molar-refractivity contribution in [2.75, 3.05) is 10.0 Å². The van der Waals surface area contributed by atoms with E-state index in [4.69, 9.17) is 0 Å². The lowest BCUT2D eigenvalue weighted by Crippen LogP contribution is -2.28. The lowest BCUT2D eigenvalue weighted by Gasteiger charge is -2.16. The van der Waals surface area contributed by atoms with E-state index in [0.717, 1.165) is 46.4 Å². The summed E-state index contributed by atoms with van der Waals surface area (Å²) < 4.78 is 78.4. The van der Waals surface area contributed by atoms with Crippen molar-refractivity contribution in [1.29, 1.82) is 0 Å².